The molecule has 0 radical (unpaired) electrons. The molecule has 1 aliphatic rings. The molecule has 0 bridgehead atoms. The van der Waals surface area contributed by atoms with Crippen LogP contribution in [-0.4, -0.2) is 64.1 Å². The van der Waals surface area contributed by atoms with Crippen molar-refractivity contribution in [1.29, 1.82) is 0 Å². The zero-order chi connectivity index (χ0) is 26.9. The van der Waals surface area contributed by atoms with E-state index in [1.165, 1.54) is 0 Å². The summed E-state index contributed by atoms with van der Waals surface area (Å²) in [5.74, 6) is 1.63. The summed E-state index contributed by atoms with van der Waals surface area (Å²) in [7, 11) is 1.66. The summed E-state index contributed by atoms with van der Waals surface area (Å²) in [6, 6.07) is 10.8. The highest BCUT2D eigenvalue weighted by molar-refractivity contribution is 6.09. The molecule has 1 fully saturated rings. The van der Waals surface area contributed by atoms with E-state index in [2.05, 4.69) is 55.3 Å². The molecule has 4 aromatic rings. The molecule has 10 heteroatoms. The Morgan fingerprint density at radius 3 is 2.79 bits per heavy atom. The topological polar surface area (TPSA) is 132 Å². The number of unbranched alkanes of at least 4 members (excludes halogenated alkanes) is 1. The Kier molecular flexibility index (Phi) is 9.69. The quantitative estimate of drug-likeness (QED) is 0.231. The Morgan fingerprint density at radius 2 is 2.05 bits per heavy atom. The number of aromatic nitrogens is 4. The van der Waals surface area contributed by atoms with Crippen LogP contribution in [0.4, 0.5) is 11.8 Å². The second kappa shape index (κ2) is 13.4. The first kappa shape index (κ1) is 27.6. The van der Waals surface area contributed by atoms with E-state index in [0.29, 0.717) is 18.5 Å². The van der Waals surface area contributed by atoms with Crippen molar-refractivity contribution in [2.45, 2.75) is 52.2 Å². The van der Waals surface area contributed by atoms with Crippen molar-refractivity contribution in [3.63, 3.8) is 0 Å². The zero-order valence-electron chi connectivity index (χ0n) is 22.5. The van der Waals surface area contributed by atoms with E-state index in [0.717, 1.165) is 84.4 Å². The van der Waals surface area contributed by atoms with Crippen LogP contribution in [0.25, 0.3) is 21.9 Å². The molecule has 1 saturated heterocycles. The summed E-state index contributed by atoms with van der Waals surface area (Å²) in [6.07, 6.45) is 5.05. The molecule has 1 unspecified atom stereocenters. The van der Waals surface area contributed by atoms with E-state index < -0.39 is 0 Å². The number of anilines is 2. The molecule has 0 aliphatic carbocycles. The van der Waals surface area contributed by atoms with E-state index in [4.69, 9.17) is 20.3 Å². The number of ether oxygens (including phenoxy) is 2. The van der Waals surface area contributed by atoms with Gasteiger partial charge in [-0.15, -0.1) is 0 Å². The third-order valence-electron chi connectivity index (χ3n) is 6.47. The fourth-order valence-corrected chi connectivity index (χ4v) is 4.69. The summed E-state index contributed by atoms with van der Waals surface area (Å²) in [6.45, 7) is 7.79. The Labute approximate surface area is 223 Å². The maximum atomic E-state index is 7.57. The van der Waals surface area contributed by atoms with Crippen LogP contribution in [0.15, 0.2) is 36.5 Å². The lowest BCUT2D eigenvalue weighted by Gasteiger charge is -2.15. The van der Waals surface area contributed by atoms with Gasteiger partial charge in [0.25, 0.3) is 0 Å². The van der Waals surface area contributed by atoms with Crippen LogP contribution < -0.4 is 21.1 Å². The van der Waals surface area contributed by atoms with Gasteiger partial charge in [0.2, 0.25) is 11.8 Å². The second-order valence-electron chi connectivity index (χ2n) is 9.28. The summed E-state index contributed by atoms with van der Waals surface area (Å²) >= 11 is 0. The molecule has 4 heterocycles. The molecule has 204 valence electrons. The number of para-hydroxylation sites is 1. The van der Waals surface area contributed by atoms with Crippen molar-refractivity contribution in [2.75, 3.05) is 44.5 Å². The van der Waals surface area contributed by atoms with Crippen LogP contribution >= 0.6 is 0 Å². The average molecular weight is 522 g/mol. The maximum Gasteiger partial charge on any atom is 0.222 e. The minimum atomic E-state index is 0.250. The number of aliphatic hydroxyl groups excluding tert-OH is 1. The van der Waals surface area contributed by atoms with Gasteiger partial charge in [-0.1, -0.05) is 31.5 Å². The fraction of sp³-hybridized carbons (Fsp3) is 0.464. The maximum absolute atomic E-state index is 7.57. The van der Waals surface area contributed by atoms with Crippen LogP contribution in [0, 0.1) is 0 Å². The lowest BCUT2D eigenvalue weighted by Crippen LogP contribution is -2.28. The van der Waals surface area contributed by atoms with E-state index >= 15 is 0 Å². The molecule has 0 saturated carbocycles. The van der Waals surface area contributed by atoms with Gasteiger partial charge in [0, 0.05) is 49.5 Å². The number of benzene rings is 1. The molecular formula is C28H39N7O3. The third kappa shape index (κ3) is 6.32. The van der Waals surface area contributed by atoms with Crippen molar-refractivity contribution in [3.05, 3.63) is 47.7 Å². The molecule has 1 atom stereocenters. The molecule has 10 nitrogen and oxygen atoms in total. The van der Waals surface area contributed by atoms with Gasteiger partial charge in [0.05, 0.1) is 25.8 Å². The molecule has 0 amide bonds. The highest BCUT2D eigenvalue weighted by Gasteiger charge is 2.20. The highest BCUT2D eigenvalue weighted by atomic mass is 16.5. The number of hydrogen-bond acceptors (Lipinski definition) is 9. The number of fused-ring (bicyclic) bond motifs is 3. The number of nitrogen functional groups attached to an aromatic ring is 1. The van der Waals surface area contributed by atoms with E-state index in [1.54, 1.807) is 14.0 Å². The Hall–Kier alpha value is -3.47. The molecule has 1 aliphatic heterocycles. The van der Waals surface area contributed by atoms with Gasteiger partial charge in [-0.05, 0) is 37.5 Å². The molecule has 1 aromatic carbocycles. The molecule has 0 spiro atoms. The number of nitrogens with one attached hydrogen (secondary N) is 2. The van der Waals surface area contributed by atoms with E-state index in [9.17, 15) is 0 Å². The Balaban J connectivity index is 0.00000107. The Morgan fingerprint density at radius 1 is 1.24 bits per heavy atom. The standard InChI is InChI=1S/C26H33N7O2.C2H6O/c1-3-4-10-28-24-23-22(31-26(27)32-24)20-7-5-6-8-21(20)33(23)15-18-12-17(14-30-25(18)34-2)13-29-19-9-11-35-16-19;1-2-3/h5-8,12,14,19,29H,3-4,9-11,13,15-16H2,1-2H3,(H3,27,28,31,32);3H,2H2,1H3. The second-order valence-corrected chi connectivity index (χ2v) is 9.28. The largest absolute Gasteiger partial charge is 0.481 e. The van der Waals surface area contributed by atoms with E-state index in [1.807, 2.05) is 18.3 Å². The lowest BCUT2D eigenvalue weighted by atomic mass is 10.1. The number of methoxy groups -OCH3 is 1. The van der Waals surface area contributed by atoms with Crippen LogP contribution in [0.1, 0.15) is 44.2 Å². The number of hydrogen-bond donors (Lipinski definition) is 4. The number of rotatable bonds is 10. The summed E-state index contributed by atoms with van der Waals surface area (Å²) in [4.78, 5) is 13.8. The SMILES string of the molecule is CCCCNc1nc(N)nc2c3ccccc3n(Cc3cc(CNC4CCOC4)cnc3OC)c12.CCO. The van der Waals surface area contributed by atoms with Crippen molar-refractivity contribution >= 4 is 33.7 Å². The van der Waals surface area contributed by atoms with E-state index in [-0.39, 0.29) is 12.6 Å². The predicted octanol–water partition coefficient (Wildman–Crippen LogP) is 3.71. The number of nitrogens with zero attached hydrogens (tertiary/aromatic N) is 4. The first-order chi connectivity index (χ1) is 18.6. The van der Waals surface area contributed by atoms with Crippen molar-refractivity contribution in [2.24, 2.45) is 0 Å². The fourth-order valence-electron chi connectivity index (χ4n) is 4.69. The first-order valence-corrected chi connectivity index (χ1v) is 13.3. The van der Waals surface area contributed by atoms with Crippen molar-refractivity contribution < 1.29 is 14.6 Å². The van der Waals surface area contributed by atoms with Crippen LogP contribution in [0.5, 0.6) is 5.88 Å². The van der Waals surface area contributed by atoms with Crippen LogP contribution in [-0.2, 0) is 17.8 Å². The molecule has 38 heavy (non-hydrogen) atoms. The van der Waals surface area contributed by atoms with Crippen LogP contribution in [0.3, 0.4) is 0 Å². The van der Waals surface area contributed by atoms with Gasteiger partial charge in [-0.3, -0.25) is 0 Å². The molecule has 5 rings (SSSR count). The third-order valence-corrected chi connectivity index (χ3v) is 6.47. The number of nitrogens with two attached hydrogens (primary N) is 1. The van der Waals surface area contributed by atoms with Gasteiger partial charge in [0.1, 0.15) is 11.0 Å². The predicted molar refractivity (Wildman–Crippen MR) is 152 cm³/mol. The van der Waals surface area contributed by atoms with Gasteiger partial charge in [-0.2, -0.15) is 4.98 Å². The first-order valence-electron chi connectivity index (χ1n) is 13.3. The van der Waals surface area contributed by atoms with Gasteiger partial charge in [-0.25, -0.2) is 9.97 Å². The monoisotopic (exact) mass is 521 g/mol. The highest BCUT2D eigenvalue weighted by Crippen LogP contribution is 2.33. The minimum absolute atomic E-state index is 0.250. The molecule has 5 N–H and O–H groups in total. The molecule has 3 aromatic heterocycles. The average Bonchev–Trinajstić information content (AvgIpc) is 3.55. The lowest BCUT2D eigenvalue weighted by molar-refractivity contribution is 0.190. The van der Waals surface area contributed by atoms with Crippen molar-refractivity contribution in [1.82, 2.24) is 24.8 Å². The summed E-state index contributed by atoms with van der Waals surface area (Å²) in [5, 5.41) is 15.7. The number of pyridine rings is 1. The minimum Gasteiger partial charge on any atom is -0.481 e. The smallest absolute Gasteiger partial charge is 0.222 e. The van der Waals surface area contributed by atoms with Gasteiger partial charge in [0.15, 0.2) is 5.82 Å². The normalized spacial score (nSPS) is 15.0. The zero-order valence-corrected chi connectivity index (χ0v) is 22.5. The summed E-state index contributed by atoms with van der Waals surface area (Å²) in [5.41, 5.74) is 11.1. The number of aliphatic hydroxyl groups is 1. The van der Waals surface area contributed by atoms with Gasteiger partial charge >= 0.3 is 0 Å². The Bertz CT molecular complexity index is 1340. The van der Waals surface area contributed by atoms with Crippen molar-refractivity contribution in [3.8, 4) is 5.88 Å². The van der Waals surface area contributed by atoms with Gasteiger partial charge < -0.3 is 35.5 Å². The van der Waals surface area contributed by atoms with Crippen LogP contribution in [0.2, 0.25) is 0 Å². The summed E-state index contributed by atoms with van der Waals surface area (Å²) < 4.78 is 13.4. The molecular weight excluding hydrogens is 482 g/mol.